The molecule has 1 heterocycles. The van der Waals surface area contributed by atoms with Gasteiger partial charge in [-0.15, -0.1) is 0 Å². The third-order valence-electron chi connectivity index (χ3n) is 5.11. The maximum Gasteiger partial charge on any atom is 0.225 e. The monoisotopic (exact) mass is 332 g/mol. The molecule has 1 amide bonds. The summed E-state index contributed by atoms with van der Waals surface area (Å²) in [7, 11) is 2.00. The van der Waals surface area contributed by atoms with Gasteiger partial charge in [-0.1, -0.05) is 6.07 Å². The molecule has 4 nitrogen and oxygen atoms in total. The summed E-state index contributed by atoms with van der Waals surface area (Å²) >= 11 is 0. The summed E-state index contributed by atoms with van der Waals surface area (Å²) in [4.78, 5) is 14.4. The van der Waals surface area contributed by atoms with Gasteiger partial charge < -0.3 is 15.0 Å². The highest BCUT2D eigenvalue weighted by molar-refractivity contribution is 5.76. The van der Waals surface area contributed by atoms with Gasteiger partial charge in [0.25, 0.3) is 0 Å². The van der Waals surface area contributed by atoms with E-state index in [1.807, 2.05) is 11.9 Å². The standard InChI is InChI=1S/C20H32N2O2/c1-15-13-16(2)17(3)19(14-15)24-12-8-20(23)22-10-6-18(7-11-22)5-9-21-4/h13-14,18,21H,5-12H2,1-4H3. The van der Waals surface area contributed by atoms with Gasteiger partial charge in [0.2, 0.25) is 5.91 Å². The van der Waals surface area contributed by atoms with Crippen LogP contribution in [0.15, 0.2) is 12.1 Å². The molecule has 1 aliphatic rings. The summed E-state index contributed by atoms with van der Waals surface area (Å²) in [6.45, 7) is 9.57. The number of aryl methyl sites for hydroxylation is 2. The van der Waals surface area contributed by atoms with Crippen LogP contribution in [0.5, 0.6) is 5.75 Å². The summed E-state index contributed by atoms with van der Waals surface area (Å²) in [6.07, 6.45) is 3.94. The molecule has 1 aromatic carbocycles. The van der Waals surface area contributed by atoms with E-state index in [0.29, 0.717) is 13.0 Å². The van der Waals surface area contributed by atoms with Crippen LogP contribution in [0.4, 0.5) is 0 Å². The highest BCUT2D eigenvalue weighted by Crippen LogP contribution is 2.24. The molecule has 1 saturated heterocycles. The van der Waals surface area contributed by atoms with Gasteiger partial charge in [0.05, 0.1) is 13.0 Å². The second kappa shape index (κ2) is 9.07. The Morgan fingerprint density at radius 2 is 1.96 bits per heavy atom. The van der Waals surface area contributed by atoms with E-state index in [2.05, 4.69) is 38.2 Å². The zero-order valence-electron chi connectivity index (χ0n) is 15.7. The van der Waals surface area contributed by atoms with Crippen LogP contribution in [-0.4, -0.2) is 44.1 Å². The van der Waals surface area contributed by atoms with Gasteiger partial charge in [-0.05, 0) is 82.3 Å². The number of amides is 1. The molecule has 24 heavy (non-hydrogen) atoms. The van der Waals surface area contributed by atoms with E-state index in [1.54, 1.807) is 0 Å². The number of nitrogens with one attached hydrogen (secondary N) is 1. The lowest BCUT2D eigenvalue weighted by Crippen LogP contribution is -2.39. The number of piperidine rings is 1. The maximum atomic E-state index is 12.4. The van der Waals surface area contributed by atoms with Gasteiger partial charge in [0.1, 0.15) is 5.75 Å². The first-order valence-corrected chi connectivity index (χ1v) is 9.14. The summed E-state index contributed by atoms with van der Waals surface area (Å²) < 4.78 is 5.88. The third-order valence-corrected chi connectivity index (χ3v) is 5.11. The molecule has 2 rings (SSSR count). The lowest BCUT2D eigenvalue weighted by molar-refractivity contribution is -0.133. The predicted molar refractivity (Wildman–Crippen MR) is 98.6 cm³/mol. The number of carbonyl (C=O) groups is 1. The van der Waals surface area contributed by atoms with Crippen LogP contribution in [-0.2, 0) is 4.79 Å². The van der Waals surface area contributed by atoms with Crippen molar-refractivity contribution < 1.29 is 9.53 Å². The Labute approximate surface area is 146 Å². The summed E-state index contributed by atoms with van der Waals surface area (Å²) in [5, 5.41) is 3.21. The Balaban J connectivity index is 1.74. The Morgan fingerprint density at radius 3 is 2.62 bits per heavy atom. The first-order chi connectivity index (χ1) is 11.5. The number of hydrogen-bond donors (Lipinski definition) is 1. The highest BCUT2D eigenvalue weighted by atomic mass is 16.5. The van der Waals surface area contributed by atoms with E-state index < -0.39 is 0 Å². The van der Waals surface area contributed by atoms with E-state index >= 15 is 0 Å². The largest absolute Gasteiger partial charge is 0.493 e. The lowest BCUT2D eigenvalue weighted by atomic mass is 9.93. The number of rotatable bonds is 7. The molecular formula is C20H32N2O2. The van der Waals surface area contributed by atoms with Crippen molar-refractivity contribution in [3.63, 3.8) is 0 Å². The summed E-state index contributed by atoms with van der Waals surface area (Å²) in [5.41, 5.74) is 3.60. The zero-order chi connectivity index (χ0) is 17.5. The number of hydrogen-bond acceptors (Lipinski definition) is 3. The molecule has 0 saturated carbocycles. The molecule has 0 spiro atoms. The van der Waals surface area contributed by atoms with Gasteiger partial charge in [-0.25, -0.2) is 0 Å². The number of benzene rings is 1. The van der Waals surface area contributed by atoms with Crippen LogP contribution < -0.4 is 10.1 Å². The fraction of sp³-hybridized carbons (Fsp3) is 0.650. The first-order valence-electron chi connectivity index (χ1n) is 9.14. The SMILES string of the molecule is CNCCC1CCN(C(=O)CCOc2cc(C)cc(C)c2C)CC1. The molecule has 0 aliphatic carbocycles. The second-order valence-corrected chi connectivity index (χ2v) is 7.02. The van der Waals surface area contributed by atoms with E-state index in [0.717, 1.165) is 44.1 Å². The number of carbonyl (C=O) groups excluding carboxylic acids is 1. The Bertz CT molecular complexity index is 549. The first kappa shape index (κ1) is 18.8. The number of ether oxygens (including phenoxy) is 1. The van der Waals surface area contributed by atoms with E-state index in [-0.39, 0.29) is 5.91 Å². The number of nitrogens with zero attached hydrogens (tertiary/aromatic N) is 1. The summed E-state index contributed by atoms with van der Waals surface area (Å²) in [5.74, 6) is 1.89. The maximum absolute atomic E-state index is 12.4. The van der Waals surface area contributed by atoms with Crippen LogP contribution in [0.1, 0.15) is 42.4 Å². The minimum absolute atomic E-state index is 0.226. The average Bonchev–Trinajstić information content (AvgIpc) is 2.57. The van der Waals surface area contributed by atoms with Crippen molar-refractivity contribution in [2.45, 2.75) is 46.5 Å². The molecular weight excluding hydrogens is 300 g/mol. The molecule has 0 unspecified atom stereocenters. The highest BCUT2D eigenvalue weighted by Gasteiger charge is 2.22. The fourth-order valence-corrected chi connectivity index (χ4v) is 3.38. The van der Waals surface area contributed by atoms with Crippen molar-refractivity contribution in [2.75, 3.05) is 33.3 Å². The normalized spacial score (nSPS) is 15.6. The van der Waals surface area contributed by atoms with Crippen molar-refractivity contribution in [3.8, 4) is 5.75 Å². The van der Waals surface area contributed by atoms with Crippen LogP contribution >= 0.6 is 0 Å². The zero-order valence-corrected chi connectivity index (χ0v) is 15.7. The summed E-state index contributed by atoms with van der Waals surface area (Å²) in [6, 6.07) is 4.21. The molecule has 0 radical (unpaired) electrons. The van der Waals surface area contributed by atoms with Gasteiger partial charge in [0.15, 0.2) is 0 Å². The van der Waals surface area contributed by atoms with Crippen molar-refractivity contribution in [1.82, 2.24) is 10.2 Å². The van der Waals surface area contributed by atoms with Crippen molar-refractivity contribution in [1.29, 1.82) is 0 Å². The van der Waals surface area contributed by atoms with E-state index in [9.17, 15) is 4.79 Å². The third kappa shape index (κ3) is 5.23. The lowest BCUT2D eigenvalue weighted by Gasteiger charge is -2.32. The fourth-order valence-electron chi connectivity index (χ4n) is 3.38. The van der Waals surface area contributed by atoms with Crippen molar-refractivity contribution in [2.24, 2.45) is 5.92 Å². The number of likely N-dealkylation sites (tertiary alicyclic amines) is 1. The van der Waals surface area contributed by atoms with Crippen LogP contribution in [0, 0.1) is 26.7 Å². The van der Waals surface area contributed by atoms with Crippen molar-refractivity contribution in [3.05, 3.63) is 28.8 Å². The van der Waals surface area contributed by atoms with Gasteiger partial charge >= 0.3 is 0 Å². The van der Waals surface area contributed by atoms with E-state index in [1.165, 1.54) is 23.1 Å². The smallest absolute Gasteiger partial charge is 0.225 e. The Kier molecular flexibility index (Phi) is 7.10. The minimum Gasteiger partial charge on any atom is -0.493 e. The molecule has 1 fully saturated rings. The van der Waals surface area contributed by atoms with Crippen molar-refractivity contribution >= 4 is 5.91 Å². The molecule has 0 bridgehead atoms. The predicted octanol–water partition coefficient (Wildman–Crippen LogP) is 3.23. The molecule has 0 atom stereocenters. The molecule has 1 N–H and O–H groups in total. The molecule has 4 heteroatoms. The molecule has 0 aromatic heterocycles. The van der Waals surface area contributed by atoms with Gasteiger partial charge in [-0.2, -0.15) is 0 Å². The molecule has 134 valence electrons. The molecule has 1 aromatic rings. The Hall–Kier alpha value is -1.55. The average molecular weight is 332 g/mol. The minimum atomic E-state index is 0.226. The van der Waals surface area contributed by atoms with Crippen LogP contribution in [0.25, 0.3) is 0 Å². The van der Waals surface area contributed by atoms with Gasteiger partial charge in [-0.3, -0.25) is 4.79 Å². The molecule has 1 aliphatic heterocycles. The Morgan fingerprint density at radius 1 is 1.25 bits per heavy atom. The van der Waals surface area contributed by atoms with Crippen LogP contribution in [0.3, 0.4) is 0 Å². The van der Waals surface area contributed by atoms with E-state index in [4.69, 9.17) is 4.74 Å². The second-order valence-electron chi connectivity index (χ2n) is 7.02. The topological polar surface area (TPSA) is 41.6 Å². The van der Waals surface area contributed by atoms with Crippen LogP contribution in [0.2, 0.25) is 0 Å². The quantitative estimate of drug-likeness (QED) is 0.833. The van der Waals surface area contributed by atoms with Gasteiger partial charge in [0, 0.05) is 13.1 Å².